The van der Waals surface area contributed by atoms with Crippen molar-refractivity contribution < 1.29 is 0 Å². The minimum Gasteiger partial charge on any atom is -0.261 e. The molecule has 0 spiro atoms. The van der Waals surface area contributed by atoms with Gasteiger partial charge in [0.05, 0.1) is 0 Å². The third-order valence-electron chi connectivity index (χ3n) is 1.04. The van der Waals surface area contributed by atoms with Crippen molar-refractivity contribution in [2.75, 3.05) is 0 Å². The normalized spacial score (nSPS) is 9.56. The predicted molar refractivity (Wildman–Crippen MR) is 38.3 cm³/mol. The lowest BCUT2D eigenvalue weighted by molar-refractivity contribution is 1.20. The fourth-order valence-electron chi connectivity index (χ4n) is 0.579. The van der Waals surface area contributed by atoms with Crippen LogP contribution in [0, 0.1) is 6.42 Å². The molecule has 0 aliphatic carbocycles. The van der Waals surface area contributed by atoms with Crippen LogP contribution in [0.1, 0.15) is 12.6 Å². The molecular formula is C7H7ClN. The van der Waals surface area contributed by atoms with Crippen LogP contribution in [-0.4, -0.2) is 4.98 Å². The van der Waals surface area contributed by atoms with Crippen molar-refractivity contribution in [3.8, 4) is 0 Å². The van der Waals surface area contributed by atoms with Gasteiger partial charge in [-0.05, 0) is 12.1 Å². The van der Waals surface area contributed by atoms with Crippen LogP contribution >= 0.6 is 11.6 Å². The molecule has 0 unspecified atom stereocenters. The predicted octanol–water partition coefficient (Wildman–Crippen LogP) is 2.31. The summed E-state index contributed by atoms with van der Waals surface area (Å²) >= 11 is 5.66. The Labute approximate surface area is 59.7 Å². The lowest BCUT2D eigenvalue weighted by atomic mass is 10.3. The molecular weight excluding hydrogens is 134 g/mol. The molecule has 1 aromatic rings. The molecule has 0 amide bonds. The fourth-order valence-corrected chi connectivity index (χ4v) is 0.747. The van der Waals surface area contributed by atoms with E-state index >= 15 is 0 Å². The van der Waals surface area contributed by atoms with Crippen LogP contribution in [0.4, 0.5) is 0 Å². The highest BCUT2D eigenvalue weighted by molar-refractivity contribution is 6.30. The van der Waals surface area contributed by atoms with E-state index < -0.39 is 0 Å². The Bertz CT molecular complexity index is 198. The van der Waals surface area contributed by atoms with Crippen LogP contribution in [-0.2, 0) is 0 Å². The second-order valence-electron chi connectivity index (χ2n) is 1.69. The SMILES string of the molecule is C[CH]c1cc(Cl)ccn1. The van der Waals surface area contributed by atoms with Gasteiger partial charge in [0, 0.05) is 23.3 Å². The first-order valence-electron chi connectivity index (χ1n) is 2.74. The maximum Gasteiger partial charge on any atom is 0.0453 e. The van der Waals surface area contributed by atoms with Crippen molar-refractivity contribution in [1.82, 2.24) is 4.98 Å². The monoisotopic (exact) mass is 140 g/mol. The third-order valence-corrected chi connectivity index (χ3v) is 1.27. The van der Waals surface area contributed by atoms with Crippen molar-refractivity contribution in [3.05, 3.63) is 35.5 Å². The van der Waals surface area contributed by atoms with E-state index in [1.165, 1.54) is 0 Å². The molecule has 0 bridgehead atoms. The quantitative estimate of drug-likeness (QED) is 0.584. The molecule has 1 nitrogen and oxygen atoms in total. The van der Waals surface area contributed by atoms with Crippen molar-refractivity contribution in [2.24, 2.45) is 0 Å². The van der Waals surface area contributed by atoms with E-state index in [1.807, 2.05) is 19.4 Å². The van der Waals surface area contributed by atoms with Crippen molar-refractivity contribution in [2.45, 2.75) is 6.92 Å². The minimum atomic E-state index is 0.734. The first kappa shape index (κ1) is 6.56. The fraction of sp³-hybridized carbons (Fsp3) is 0.143. The summed E-state index contributed by atoms with van der Waals surface area (Å²) < 4.78 is 0. The number of halogens is 1. The minimum absolute atomic E-state index is 0.734. The van der Waals surface area contributed by atoms with E-state index in [4.69, 9.17) is 11.6 Å². The van der Waals surface area contributed by atoms with E-state index in [0.29, 0.717) is 0 Å². The molecule has 47 valence electrons. The summed E-state index contributed by atoms with van der Waals surface area (Å²) in [7, 11) is 0. The zero-order valence-electron chi connectivity index (χ0n) is 5.13. The molecule has 0 saturated heterocycles. The van der Waals surface area contributed by atoms with Crippen molar-refractivity contribution in [3.63, 3.8) is 0 Å². The Morgan fingerprint density at radius 2 is 2.44 bits per heavy atom. The highest BCUT2D eigenvalue weighted by atomic mass is 35.5. The lowest BCUT2D eigenvalue weighted by Crippen LogP contribution is -1.80. The van der Waals surface area contributed by atoms with Crippen LogP contribution in [0.5, 0.6) is 0 Å². The molecule has 0 N–H and O–H groups in total. The van der Waals surface area contributed by atoms with Gasteiger partial charge in [0.15, 0.2) is 0 Å². The third kappa shape index (κ3) is 1.68. The Kier molecular flexibility index (Phi) is 2.06. The van der Waals surface area contributed by atoms with Crippen molar-refractivity contribution in [1.29, 1.82) is 0 Å². The summed E-state index contributed by atoms with van der Waals surface area (Å²) in [6.07, 6.45) is 3.60. The Morgan fingerprint density at radius 3 is 2.89 bits per heavy atom. The maximum atomic E-state index is 5.66. The summed E-state index contributed by atoms with van der Waals surface area (Å²) in [6.45, 7) is 1.93. The molecule has 1 rings (SSSR count). The van der Waals surface area contributed by atoms with E-state index in [0.717, 1.165) is 10.7 Å². The average Bonchev–Trinajstić information content (AvgIpc) is 1.88. The molecule has 1 aromatic heterocycles. The van der Waals surface area contributed by atoms with Crippen LogP contribution < -0.4 is 0 Å². The summed E-state index contributed by atoms with van der Waals surface area (Å²) in [6, 6.07) is 3.58. The van der Waals surface area contributed by atoms with Gasteiger partial charge in [0.2, 0.25) is 0 Å². The van der Waals surface area contributed by atoms with E-state index in [1.54, 1.807) is 12.3 Å². The second-order valence-corrected chi connectivity index (χ2v) is 2.12. The van der Waals surface area contributed by atoms with Gasteiger partial charge in [-0.15, -0.1) is 0 Å². The molecule has 2 heteroatoms. The smallest absolute Gasteiger partial charge is 0.0453 e. The largest absolute Gasteiger partial charge is 0.261 e. The van der Waals surface area contributed by atoms with Crippen molar-refractivity contribution >= 4 is 11.6 Å². The number of pyridine rings is 1. The summed E-state index contributed by atoms with van der Waals surface area (Å²) in [5.41, 5.74) is 0.919. The number of rotatable bonds is 1. The van der Waals surface area contributed by atoms with Gasteiger partial charge >= 0.3 is 0 Å². The molecule has 0 atom stereocenters. The Balaban J connectivity index is 2.94. The highest BCUT2D eigenvalue weighted by Gasteiger charge is 1.89. The molecule has 0 saturated carbocycles. The first-order valence-corrected chi connectivity index (χ1v) is 3.11. The van der Waals surface area contributed by atoms with Gasteiger partial charge in [0.25, 0.3) is 0 Å². The van der Waals surface area contributed by atoms with Crippen LogP contribution in [0.2, 0.25) is 5.02 Å². The second kappa shape index (κ2) is 2.83. The summed E-state index contributed by atoms with van der Waals surface area (Å²) in [4.78, 5) is 4.02. The topological polar surface area (TPSA) is 12.9 Å². The summed E-state index contributed by atoms with van der Waals surface area (Å²) in [5, 5.41) is 0.734. The van der Waals surface area contributed by atoms with Gasteiger partial charge in [-0.1, -0.05) is 18.5 Å². The van der Waals surface area contributed by atoms with Gasteiger partial charge in [-0.2, -0.15) is 0 Å². The van der Waals surface area contributed by atoms with Gasteiger partial charge in [-0.3, -0.25) is 4.98 Å². The number of hydrogen-bond donors (Lipinski definition) is 0. The Hall–Kier alpha value is -0.560. The maximum absolute atomic E-state index is 5.66. The zero-order chi connectivity index (χ0) is 6.69. The molecule has 0 aliphatic heterocycles. The molecule has 1 radical (unpaired) electrons. The average molecular weight is 141 g/mol. The highest BCUT2D eigenvalue weighted by Crippen LogP contribution is 2.08. The standard InChI is InChI=1S/C7H7ClN/c1-2-7-5-6(8)3-4-9-7/h2-5H,1H3. The molecule has 0 aliphatic rings. The number of hydrogen-bond acceptors (Lipinski definition) is 1. The Morgan fingerprint density at radius 1 is 1.67 bits per heavy atom. The van der Waals surface area contributed by atoms with E-state index in [-0.39, 0.29) is 0 Å². The number of nitrogens with zero attached hydrogens (tertiary/aromatic N) is 1. The number of aromatic nitrogens is 1. The molecule has 0 fully saturated rings. The van der Waals surface area contributed by atoms with Gasteiger partial charge in [0.1, 0.15) is 0 Å². The summed E-state index contributed by atoms with van der Waals surface area (Å²) in [5.74, 6) is 0. The molecule has 9 heavy (non-hydrogen) atoms. The van der Waals surface area contributed by atoms with Gasteiger partial charge < -0.3 is 0 Å². The van der Waals surface area contributed by atoms with Crippen LogP contribution in [0.15, 0.2) is 18.3 Å². The van der Waals surface area contributed by atoms with Crippen LogP contribution in [0.25, 0.3) is 0 Å². The lowest BCUT2D eigenvalue weighted by Gasteiger charge is -1.92. The zero-order valence-corrected chi connectivity index (χ0v) is 5.89. The van der Waals surface area contributed by atoms with E-state index in [9.17, 15) is 0 Å². The molecule has 1 heterocycles. The molecule has 0 aromatic carbocycles. The van der Waals surface area contributed by atoms with Gasteiger partial charge in [-0.25, -0.2) is 0 Å². The van der Waals surface area contributed by atoms with E-state index in [2.05, 4.69) is 4.98 Å². The van der Waals surface area contributed by atoms with Crippen LogP contribution in [0.3, 0.4) is 0 Å². The first-order chi connectivity index (χ1) is 4.33.